The van der Waals surface area contributed by atoms with Crippen molar-refractivity contribution in [2.45, 2.75) is 33.0 Å². The van der Waals surface area contributed by atoms with Crippen LogP contribution in [0, 0.1) is 6.92 Å². The van der Waals surface area contributed by atoms with E-state index >= 15 is 0 Å². The van der Waals surface area contributed by atoms with E-state index in [1.165, 1.54) is 0 Å². The van der Waals surface area contributed by atoms with Crippen molar-refractivity contribution in [3.63, 3.8) is 0 Å². The maximum Gasteiger partial charge on any atom is 0.265 e. The van der Waals surface area contributed by atoms with Gasteiger partial charge in [-0.2, -0.15) is 0 Å². The minimum atomic E-state index is -0.683. The van der Waals surface area contributed by atoms with Gasteiger partial charge in [-0.15, -0.1) is 0 Å². The number of aryl methyl sites for hydroxylation is 1. The number of benzene rings is 2. The van der Waals surface area contributed by atoms with Crippen molar-refractivity contribution in [3.8, 4) is 5.75 Å². The van der Waals surface area contributed by atoms with Gasteiger partial charge in [-0.3, -0.25) is 4.79 Å². The number of carbonyl (C=O) groups is 1. The minimum Gasteiger partial charge on any atom is -0.481 e. The molecule has 0 radical (unpaired) electrons. The summed E-state index contributed by atoms with van der Waals surface area (Å²) in [5.74, 6) is 0.327. The summed E-state index contributed by atoms with van der Waals surface area (Å²) >= 11 is 5.91. The van der Waals surface area contributed by atoms with Gasteiger partial charge in [0, 0.05) is 16.3 Å². The molecule has 2 unspecified atom stereocenters. The van der Waals surface area contributed by atoms with Crippen LogP contribution in [0.15, 0.2) is 42.5 Å². The second-order valence-corrected chi connectivity index (χ2v) is 5.86. The monoisotopic (exact) mass is 333 g/mol. The highest BCUT2D eigenvalue weighted by molar-refractivity contribution is 6.30. The second kappa shape index (κ2) is 7.49. The van der Waals surface area contributed by atoms with Gasteiger partial charge in [0.1, 0.15) is 5.75 Å². The van der Waals surface area contributed by atoms with Crippen molar-refractivity contribution in [2.75, 3.05) is 5.32 Å². The molecule has 5 heteroatoms. The molecule has 0 aliphatic rings. The van der Waals surface area contributed by atoms with Gasteiger partial charge in [-0.1, -0.05) is 29.8 Å². The smallest absolute Gasteiger partial charge is 0.265 e. The normalized spacial score (nSPS) is 13.3. The molecule has 0 aliphatic heterocycles. The van der Waals surface area contributed by atoms with E-state index in [2.05, 4.69) is 5.32 Å². The molecule has 0 saturated carbocycles. The Kier molecular flexibility index (Phi) is 5.64. The van der Waals surface area contributed by atoms with E-state index in [1.54, 1.807) is 50.2 Å². The first kappa shape index (κ1) is 17.3. The average molecular weight is 334 g/mol. The topological polar surface area (TPSA) is 58.6 Å². The van der Waals surface area contributed by atoms with Crippen molar-refractivity contribution < 1.29 is 14.6 Å². The molecule has 23 heavy (non-hydrogen) atoms. The number of carbonyl (C=O) groups excluding carboxylic acids is 1. The van der Waals surface area contributed by atoms with Crippen LogP contribution in [-0.4, -0.2) is 17.1 Å². The Hall–Kier alpha value is -2.04. The Labute approximate surface area is 141 Å². The van der Waals surface area contributed by atoms with Crippen LogP contribution in [0.25, 0.3) is 0 Å². The summed E-state index contributed by atoms with van der Waals surface area (Å²) in [6.45, 7) is 5.20. The van der Waals surface area contributed by atoms with Crippen LogP contribution in [0.3, 0.4) is 0 Å². The summed E-state index contributed by atoms with van der Waals surface area (Å²) in [6.07, 6.45) is -1.35. The van der Waals surface area contributed by atoms with Crippen molar-refractivity contribution >= 4 is 23.2 Å². The number of rotatable bonds is 5. The zero-order valence-corrected chi connectivity index (χ0v) is 14.1. The molecule has 2 N–H and O–H groups in total. The van der Waals surface area contributed by atoms with Gasteiger partial charge in [0.2, 0.25) is 0 Å². The van der Waals surface area contributed by atoms with Gasteiger partial charge >= 0.3 is 0 Å². The van der Waals surface area contributed by atoms with E-state index in [0.717, 1.165) is 5.56 Å². The highest BCUT2D eigenvalue weighted by Crippen LogP contribution is 2.24. The van der Waals surface area contributed by atoms with E-state index in [0.29, 0.717) is 22.0 Å². The van der Waals surface area contributed by atoms with E-state index in [4.69, 9.17) is 16.3 Å². The highest BCUT2D eigenvalue weighted by atomic mass is 35.5. The molecular formula is C18H20ClNO3. The molecule has 1 amide bonds. The van der Waals surface area contributed by atoms with E-state index in [-0.39, 0.29) is 5.91 Å². The van der Waals surface area contributed by atoms with Gasteiger partial charge in [0.25, 0.3) is 5.91 Å². The molecule has 2 atom stereocenters. The molecule has 0 bridgehead atoms. The fourth-order valence-corrected chi connectivity index (χ4v) is 2.43. The van der Waals surface area contributed by atoms with Crippen LogP contribution in [0.5, 0.6) is 5.75 Å². The first-order valence-corrected chi connectivity index (χ1v) is 7.77. The largest absolute Gasteiger partial charge is 0.481 e. The predicted molar refractivity (Wildman–Crippen MR) is 92.0 cm³/mol. The Morgan fingerprint density at radius 1 is 1.22 bits per heavy atom. The average Bonchev–Trinajstić information content (AvgIpc) is 2.50. The molecule has 0 spiro atoms. The molecular weight excluding hydrogens is 314 g/mol. The number of hydrogen-bond acceptors (Lipinski definition) is 3. The Bertz CT molecular complexity index is 700. The lowest BCUT2D eigenvalue weighted by atomic mass is 10.1. The van der Waals surface area contributed by atoms with E-state index in [1.807, 2.05) is 13.0 Å². The van der Waals surface area contributed by atoms with Crippen LogP contribution in [0.1, 0.15) is 31.1 Å². The Morgan fingerprint density at radius 3 is 2.57 bits per heavy atom. The number of halogens is 1. The third-order valence-electron chi connectivity index (χ3n) is 3.48. The standard InChI is InChI=1S/C18H20ClNO3/c1-11-10-14(19)8-9-17(11)23-13(3)18(22)20-16-7-5-4-6-15(16)12(2)21/h4-10,12-13,21H,1-3H3,(H,20,22). The van der Waals surface area contributed by atoms with Crippen LogP contribution in [0.4, 0.5) is 5.69 Å². The lowest BCUT2D eigenvalue weighted by Gasteiger charge is -2.18. The summed E-state index contributed by atoms with van der Waals surface area (Å²) in [4.78, 5) is 12.3. The number of hydrogen-bond donors (Lipinski definition) is 2. The molecule has 0 aliphatic carbocycles. The van der Waals surface area contributed by atoms with Gasteiger partial charge in [0.15, 0.2) is 6.10 Å². The zero-order valence-electron chi connectivity index (χ0n) is 13.3. The SMILES string of the molecule is Cc1cc(Cl)ccc1OC(C)C(=O)Nc1ccccc1C(C)O. The second-order valence-electron chi connectivity index (χ2n) is 5.42. The molecule has 0 saturated heterocycles. The zero-order chi connectivity index (χ0) is 17.0. The fourth-order valence-electron chi connectivity index (χ4n) is 2.20. The van der Waals surface area contributed by atoms with E-state index < -0.39 is 12.2 Å². The maximum atomic E-state index is 12.3. The number of aliphatic hydroxyl groups excluding tert-OH is 1. The number of ether oxygens (including phenoxy) is 1. The number of para-hydroxylation sites is 1. The number of anilines is 1. The molecule has 2 aromatic carbocycles. The third-order valence-corrected chi connectivity index (χ3v) is 3.71. The molecule has 0 heterocycles. The van der Waals surface area contributed by atoms with Crippen molar-refractivity contribution in [1.29, 1.82) is 0 Å². The summed E-state index contributed by atoms with van der Waals surface area (Å²) in [5.41, 5.74) is 2.10. The third kappa shape index (κ3) is 4.47. The van der Waals surface area contributed by atoms with Crippen LogP contribution < -0.4 is 10.1 Å². The van der Waals surface area contributed by atoms with Crippen molar-refractivity contribution in [3.05, 3.63) is 58.6 Å². The first-order chi connectivity index (χ1) is 10.9. The number of amides is 1. The lowest BCUT2D eigenvalue weighted by Crippen LogP contribution is -2.30. The molecule has 2 rings (SSSR count). The van der Waals surface area contributed by atoms with Gasteiger partial charge in [0.05, 0.1) is 6.10 Å². The van der Waals surface area contributed by atoms with Crippen molar-refractivity contribution in [2.24, 2.45) is 0 Å². The lowest BCUT2D eigenvalue weighted by molar-refractivity contribution is -0.122. The van der Waals surface area contributed by atoms with Crippen LogP contribution in [0.2, 0.25) is 5.02 Å². The van der Waals surface area contributed by atoms with E-state index in [9.17, 15) is 9.90 Å². The molecule has 0 fully saturated rings. The summed E-state index contributed by atoms with van der Waals surface area (Å²) < 4.78 is 5.70. The maximum absolute atomic E-state index is 12.3. The summed E-state index contributed by atoms with van der Waals surface area (Å²) in [5, 5.41) is 13.2. The first-order valence-electron chi connectivity index (χ1n) is 7.39. The molecule has 2 aromatic rings. The van der Waals surface area contributed by atoms with Crippen molar-refractivity contribution in [1.82, 2.24) is 0 Å². The predicted octanol–water partition coefficient (Wildman–Crippen LogP) is 4.11. The summed E-state index contributed by atoms with van der Waals surface area (Å²) in [7, 11) is 0. The summed E-state index contributed by atoms with van der Waals surface area (Å²) in [6, 6.07) is 12.4. The Morgan fingerprint density at radius 2 is 1.91 bits per heavy atom. The fraction of sp³-hybridized carbons (Fsp3) is 0.278. The minimum absolute atomic E-state index is 0.285. The van der Waals surface area contributed by atoms with Crippen LogP contribution >= 0.6 is 11.6 Å². The van der Waals surface area contributed by atoms with Crippen LogP contribution in [-0.2, 0) is 4.79 Å². The number of aliphatic hydroxyl groups is 1. The number of nitrogens with one attached hydrogen (secondary N) is 1. The Balaban J connectivity index is 2.09. The van der Waals surface area contributed by atoms with Gasteiger partial charge < -0.3 is 15.2 Å². The quantitative estimate of drug-likeness (QED) is 0.865. The molecule has 4 nitrogen and oxygen atoms in total. The molecule has 0 aromatic heterocycles. The highest BCUT2D eigenvalue weighted by Gasteiger charge is 2.18. The van der Waals surface area contributed by atoms with Gasteiger partial charge in [-0.05, 0) is 50.6 Å². The molecule has 122 valence electrons. The van der Waals surface area contributed by atoms with Gasteiger partial charge in [-0.25, -0.2) is 0 Å².